The smallest absolute Gasteiger partial charge is 0.335 e. The normalized spacial score (nSPS) is 16.6. The Hall–Kier alpha value is -5.24. The van der Waals surface area contributed by atoms with E-state index in [1.807, 2.05) is 6.07 Å². The van der Waals surface area contributed by atoms with Crippen LogP contribution in [0.15, 0.2) is 109 Å². The standard InChI is InChI=1S/C33H29N3O5/c1-21(2)33(32(34)41,24-14-5-3-6-15-24)36-27-19-10-9-18-26(27)35(25-16-7-4-8-17-25)29(37)28(30(36)38)22-12-11-13-23(20-22)31(39)40/h3-21,28H,1-2H3,(H2,34,41)(H,39,40). The minimum Gasteiger partial charge on any atom is -0.478 e. The highest BCUT2D eigenvalue weighted by atomic mass is 16.4. The Balaban J connectivity index is 1.89. The van der Waals surface area contributed by atoms with Crippen molar-refractivity contribution in [3.05, 3.63) is 126 Å². The first-order valence-corrected chi connectivity index (χ1v) is 13.2. The quantitative estimate of drug-likeness (QED) is 0.308. The van der Waals surface area contributed by atoms with Crippen LogP contribution in [0.1, 0.15) is 41.3 Å². The number of carbonyl (C=O) groups excluding carboxylic acids is 3. The Morgan fingerprint density at radius 2 is 1.37 bits per heavy atom. The van der Waals surface area contributed by atoms with E-state index in [0.29, 0.717) is 22.6 Å². The van der Waals surface area contributed by atoms with E-state index in [1.165, 1.54) is 28.0 Å². The summed E-state index contributed by atoms with van der Waals surface area (Å²) < 4.78 is 0. The van der Waals surface area contributed by atoms with Crippen LogP contribution in [0.5, 0.6) is 0 Å². The molecule has 8 heteroatoms. The van der Waals surface area contributed by atoms with Crippen molar-refractivity contribution in [2.45, 2.75) is 25.3 Å². The largest absolute Gasteiger partial charge is 0.478 e. The van der Waals surface area contributed by atoms with E-state index in [-0.39, 0.29) is 11.1 Å². The minimum absolute atomic E-state index is 0.0734. The Labute approximate surface area is 237 Å². The summed E-state index contributed by atoms with van der Waals surface area (Å²) in [6, 6.07) is 30.3. The lowest BCUT2D eigenvalue weighted by Gasteiger charge is -2.45. The third-order valence-corrected chi connectivity index (χ3v) is 7.56. The number of anilines is 3. The fourth-order valence-corrected chi connectivity index (χ4v) is 5.74. The Bertz CT molecular complexity index is 1640. The second-order valence-electron chi connectivity index (χ2n) is 10.2. The summed E-state index contributed by atoms with van der Waals surface area (Å²) >= 11 is 0. The Morgan fingerprint density at radius 1 is 0.780 bits per heavy atom. The number of hydrogen-bond donors (Lipinski definition) is 2. The van der Waals surface area contributed by atoms with Gasteiger partial charge in [0, 0.05) is 5.69 Å². The topological polar surface area (TPSA) is 121 Å². The van der Waals surface area contributed by atoms with Crippen LogP contribution in [0.4, 0.5) is 17.1 Å². The molecule has 0 bridgehead atoms. The molecule has 2 atom stereocenters. The van der Waals surface area contributed by atoms with Gasteiger partial charge in [0.2, 0.25) is 17.7 Å². The van der Waals surface area contributed by atoms with Crippen molar-refractivity contribution in [3.8, 4) is 0 Å². The molecule has 0 saturated heterocycles. The molecule has 1 aliphatic rings. The SMILES string of the molecule is CC(C)C(C(N)=O)(c1ccccc1)N1C(=O)C(c2cccc(C(=O)O)c2)C(=O)N(c2ccccc2)c2ccccc21. The molecule has 1 heterocycles. The first-order chi connectivity index (χ1) is 19.7. The molecule has 0 aliphatic carbocycles. The monoisotopic (exact) mass is 547 g/mol. The molecule has 3 amide bonds. The molecule has 0 saturated carbocycles. The van der Waals surface area contributed by atoms with Crippen molar-refractivity contribution in [2.24, 2.45) is 11.7 Å². The van der Waals surface area contributed by atoms with E-state index in [4.69, 9.17) is 5.73 Å². The fourth-order valence-electron chi connectivity index (χ4n) is 5.74. The van der Waals surface area contributed by atoms with Gasteiger partial charge in [0.1, 0.15) is 5.92 Å². The predicted octanol–water partition coefficient (Wildman–Crippen LogP) is 5.22. The van der Waals surface area contributed by atoms with Gasteiger partial charge in [0.05, 0.1) is 16.9 Å². The van der Waals surface area contributed by atoms with Gasteiger partial charge in [0.15, 0.2) is 5.54 Å². The molecule has 0 radical (unpaired) electrons. The number of rotatable bonds is 7. The molecule has 5 rings (SSSR count). The molecule has 41 heavy (non-hydrogen) atoms. The number of nitrogens with zero attached hydrogens (tertiary/aromatic N) is 2. The van der Waals surface area contributed by atoms with Gasteiger partial charge in [-0.05, 0) is 53.4 Å². The molecule has 2 unspecified atom stereocenters. The maximum atomic E-state index is 14.9. The van der Waals surface area contributed by atoms with E-state index in [9.17, 15) is 24.3 Å². The summed E-state index contributed by atoms with van der Waals surface area (Å²) in [5.41, 5.74) is 6.36. The lowest BCUT2D eigenvalue weighted by Crippen LogP contribution is -2.61. The number of aromatic carboxylic acids is 1. The summed E-state index contributed by atoms with van der Waals surface area (Å²) in [7, 11) is 0. The second-order valence-corrected chi connectivity index (χ2v) is 10.2. The number of hydrogen-bond acceptors (Lipinski definition) is 4. The molecule has 4 aromatic rings. The van der Waals surface area contributed by atoms with Crippen molar-refractivity contribution in [3.63, 3.8) is 0 Å². The molecule has 1 aliphatic heterocycles. The first kappa shape index (κ1) is 27.3. The van der Waals surface area contributed by atoms with E-state index >= 15 is 0 Å². The average Bonchev–Trinajstić information content (AvgIpc) is 3.06. The molecule has 3 N–H and O–H groups in total. The van der Waals surface area contributed by atoms with Gasteiger partial charge in [-0.2, -0.15) is 0 Å². The molecular weight excluding hydrogens is 518 g/mol. The third kappa shape index (κ3) is 4.43. The van der Waals surface area contributed by atoms with Gasteiger partial charge < -0.3 is 10.8 Å². The first-order valence-electron chi connectivity index (χ1n) is 13.2. The summed E-state index contributed by atoms with van der Waals surface area (Å²) in [4.78, 5) is 57.9. The maximum Gasteiger partial charge on any atom is 0.335 e. The highest BCUT2D eigenvalue weighted by molar-refractivity contribution is 6.25. The lowest BCUT2D eigenvalue weighted by molar-refractivity contribution is -0.134. The van der Waals surface area contributed by atoms with Crippen LogP contribution < -0.4 is 15.5 Å². The van der Waals surface area contributed by atoms with Crippen LogP contribution in [0.2, 0.25) is 0 Å². The van der Waals surface area contributed by atoms with Crippen molar-refractivity contribution < 1.29 is 24.3 Å². The van der Waals surface area contributed by atoms with Crippen LogP contribution in [-0.4, -0.2) is 28.8 Å². The summed E-state index contributed by atoms with van der Waals surface area (Å²) in [5, 5.41) is 9.69. The molecule has 0 spiro atoms. The van der Waals surface area contributed by atoms with E-state index in [0.717, 1.165) is 0 Å². The third-order valence-electron chi connectivity index (χ3n) is 7.56. The number of carbonyl (C=O) groups is 4. The minimum atomic E-state index is -1.69. The molecule has 8 nitrogen and oxygen atoms in total. The van der Waals surface area contributed by atoms with Crippen LogP contribution in [-0.2, 0) is 19.9 Å². The van der Waals surface area contributed by atoms with Crippen LogP contribution in [0, 0.1) is 5.92 Å². The van der Waals surface area contributed by atoms with Gasteiger partial charge in [-0.3, -0.25) is 24.2 Å². The van der Waals surface area contributed by atoms with Gasteiger partial charge in [-0.15, -0.1) is 0 Å². The number of nitrogens with two attached hydrogens (primary N) is 1. The van der Waals surface area contributed by atoms with Gasteiger partial charge in [0.25, 0.3) is 0 Å². The maximum absolute atomic E-state index is 14.9. The summed E-state index contributed by atoms with van der Waals surface area (Å²) in [6.45, 7) is 3.60. The van der Waals surface area contributed by atoms with E-state index in [1.54, 1.807) is 98.8 Å². The number of carboxylic acid groups (broad SMARTS) is 1. The number of primary amides is 1. The van der Waals surface area contributed by atoms with Crippen LogP contribution in [0.3, 0.4) is 0 Å². The van der Waals surface area contributed by atoms with Crippen LogP contribution in [0.25, 0.3) is 0 Å². The van der Waals surface area contributed by atoms with Gasteiger partial charge >= 0.3 is 5.97 Å². The zero-order valence-electron chi connectivity index (χ0n) is 22.6. The summed E-state index contributed by atoms with van der Waals surface area (Å²) in [6.07, 6.45) is 0. The van der Waals surface area contributed by atoms with E-state index in [2.05, 4.69) is 0 Å². The molecule has 0 aromatic heterocycles. The number of fused-ring (bicyclic) bond motifs is 1. The van der Waals surface area contributed by atoms with Gasteiger partial charge in [-0.1, -0.05) is 86.6 Å². The molecule has 4 aromatic carbocycles. The molecule has 0 fully saturated rings. The average molecular weight is 548 g/mol. The summed E-state index contributed by atoms with van der Waals surface area (Å²) in [5.74, 6) is -5.25. The zero-order valence-corrected chi connectivity index (χ0v) is 22.6. The number of benzene rings is 4. The van der Waals surface area contributed by atoms with Crippen molar-refractivity contribution in [1.82, 2.24) is 0 Å². The fraction of sp³-hybridized carbons (Fsp3) is 0.152. The van der Waals surface area contributed by atoms with Crippen molar-refractivity contribution in [1.29, 1.82) is 0 Å². The molecular formula is C33H29N3O5. The second kappa shape index (κ2) is 10.7. The highest BCUT2D eigenvalue weighted by Crippen LogP contribution is 2.48. The van der Waals surface area contributed by atoms with Crippen LogP contribution >= 0.6 is 0 Å². The molecule has 206 valence electrons. The highest BCUT2D eigenvalue weighted by Gasteiger charge is 2.55. The number of amides is 3. The Morgan fingerprint density at radius 3 is 1.95 bits per heavy atom. The zero-order chi connectivity index (χ0) is 29.3. The van der Waals surface area contributed by atoms with Crippen molar-refractivity contribution >= 4 is 40.8 Å². The lowest BCUT2D eigenvalue weighted by atomic mass is 9.76. The number of para-hydroxylation sites is 3. The Kier molecular flexibility index (Phi) is 7.15. The van der Waals surface area contributed by atoms with Crippen molar-refractivity contribution in [2.75, 3.05) is 9.80 Å². The predicted molar refractivity (Wildman–Crippen MR) is 156 cm³/mol. The number of carboxylic acids is 1. The van der Waals surface area contributed by atoms with E-state index < -0.39 is 41.1 Å². The van der Waals surface area contributed by atoms with Gasteiger partial charge in [-0.25, -0.2) is 4.79 Å².